The Morgan fingerprint density at radius 1 is 1.44 bits per heavy atom. The summed E-state index contributed by atoms with van der Waals surface area (Å²) < 4.78 is 2.67. The Morgan fingerprint density at radius 3 is 2.88 bits per heavy atom. The van der Waals surface area contributed by atoms with Crippen LogP contribution in [0.25, 0.3) is 5.82 Å². The van der Waals surface area contributed by atoms with Crippen molar-refractivity contribution in [2.45, 2.75) is 6.92 Å². The molecule has 0 aliphatic carbocycles. The molecule has 16 heavy (non-hydrogen) atoms. The monoisotopic (exact) mass is 296 g/mol. The fourth-order valence-corrected chi connectivity index (χ4v) is 1.93. The van der Waals surface area contributed by atoms with Crippen molar-refractivity contribution < 1.29 is 0 Å². The Bertz CT molecular complexity index is 550. The number of imidazole rings is 1. The standard InChI is InChI=1S/C10H9BrN4S/c1-6-2-3-13-9(7(6)11)15-5-4-14-10(15)8(12)16/h2-5H,1H3,(H2,12,16). The zero-order valence-corrected chi connectivity index (χ0v) is 10.9. The van der Waals surface area contributed by atoms with Gasteiger partial charge in [-0.15, -0.1) is 0 Å². The number of thiocarbonyl (C=S) groups is 1. The van der Waals surface area contributed by atoms with Gasteiger partial charge in [0.1, 0.15) is 4.99 Å². The van der Waals surface area contributed by atoms with Crippen LogP contribution in [0.5, 0.6) is 0 Å². The molecule has 6 heteroatoms. The molecule has 0 aliphatic rings. The third-order valence-electron chi connectivity index (χ3n) is 2.15. The maximum absolute atomic E-state index is 5.59. The molecule has 0 radical (unpaired) electrons. The molecule has 0 atom stereocenters. The zero-order chi connectivity index (χ0) is 11.7. The van der Waals surface area contributed by atoms with E-state index in [2.05, 4.69) is 25.9 Å². The summed E-state index contributed by atoms with van der Waals surface area (Å²) in [6.07, 6.45) is 5.16. The molecule has 2 N–H and O–H groups in total. The van der Waals surface area contributed by atoms with Crippen LogP contribution in [0.15, 0.2) is 29.1 Å². The molecule has 4 nitrogen and oxygen atoms in total. The third kappa shape index (κ3) is 1.85. The first-order valence-electron chi connectivity index (χ1n) is 4.56. The largest absolute Gasteiger partial charge is 0.387 e. The summed E-state index contributed by atoms with van der Waals surface area (Å²) in [6, 6.07) is 1.92. The van der Waals surface area contributed by atoms with Crippen LogP contribution < -0.4 is 5.73 Å². The van der Waals surface area contributed by atoms with E-state index in [9.17, 15) is 0 Å². The third-order valence-corrected chi connectivity index (χ3v) is 3.32. The number of aromatic nitrogens is 3. The second-order valence-electron chi connectivity index (χ2n) is 3.25. The van der Waals surface area contributed by atoms with Gasteiger partial charge in [-0.25, -0.2) is 9.97 Å². The van der Waals surface area contributed by atoms with Crippen molar-refractivity contribution in [3.63, 3.8) is 0 Å². The van der Waals surface area contributed by atoms with Gasteiger partial charge in [0, 0.05) is 18.6 Å². The Labute approximate surface area is 107 Å². The van der Waals surface area contributed by atoms with E-state index in [4.69, 9.17) is 18.0 Å². The minimum Gasteiger partial charge on any atom is -0.387 e. The molecule has 0 spiro atoms. The van der Waals surface area contributed by atoms with Gasteiger partial charge in [0.05, 0.1) is 4.47 Å². The van der Waals surface area contributed by atoms with E-state index in [0.29, 0.717) is 5.82 Å². The molecule has 0 unspecified atom stereocenters. The molecule has 0 aliphatic heterocycles. The summed E-state index contributed by atoms with van der Waals surface area (Å²) in [4.78, 5) is 8.63. The lowest BCUT2D eigenvalue weighted by Gasteiger charge is -2.09. The second-order valence-corrected chi connectivity index (χ2v) is 4.48. The number of nitrogens with two attached hydrogens (primary N) is 1. The highest BCUT2D eigenvalue weighted by Crippen LogP contribution is 2.23. The topological polar surface area (TPSA) is 56.7 Å². The lowest BCUT2D eigenvalue weighted by atomic mass is 10.3. The normalized spacial score (nSPS) is 10.4. The summed E-state index contributed by atoms with van der Waals surface area (Å²) in [6.45, 7) is 1.99. The van der Waals surface area contributed by atoms with Gasteiger partial charge in [-0.2, -0.15) is 0 Å². The summed E-state index contributed by atoms with van der Waals surface area (Å²) in [5.74, 6) is 1.27. The van der Waals surface area contributed by atoms with Crippen molar-refractivity contribution in [2.75, 3.05) is 0 Å². The summed E-state index contributed by atoms with van der Waals surface area (Å²) in [5, 5.41) is 0. The van der Waals surface area contributed by atoms with E-state index < -0.39 is 0 Å². The highest BCUT2D eigenvalue weighted by Gasteiger charge is 2.12. The molecule has 0 fully saturated rings. The molecule has 0 aromatic carbocycles. The van der Waals surface area contributed by atoms with Gasteiger partial charge < -0.3 is 5.73 Å². The molecule has 2 rings (SSSR count). The number of pyridine rings is 1. The molecule has 0 amide bonds. The number of nitrogens with zero attached hydrogens (tertiary/aromatic N) is 3. The minimum atomic E-state index is 0.250. The van der Waals surface area contributed by atoms with Gasteiger partial charge in [-0.1, -0.05) is 12.2 Å². The quantitative estimate of drug-likeness (QED) is 0.861. The van der Waals surface area contributed by atoms with Crippen LogP contribution in [-0.2, 0) is 0 Å². The van der Waals surface area contributed by atoms with Crippen LogP contribution in [0.1, 0.15) is 11.4 Å². The van der Waals surface area contributed by atoms with Crippen LogP contribution in [0, 0.1) is 6.92 Å². The van der Waals surface area contributed by atoms with Gasteiger partial charge in [0.25, 0.3) is 0 Å². The van der Waals surface area contributed by atoms with E-state index in [-0.39, 0.29) is 4.99 Å². The summed E-state index contributed by atoms with van der Waals surface area (Å²) in [5.41, 5.74) is 6.68. The minimum absolute atomic E-state index is 0.250. The van der Waals surface area contributed by atoms with E-state index in [1.165, 1.54) is 0 Å². The average Bonchev–Trinajstić information content (AvgIpc) is 2.70. The van der Waals surface area contributed by atoms with Gasteiger partial charge in [0.15, 0.2) is 11.6 Å². The lowest BCUT2D eigenvalue weighted by Crippen LogP contribution is -2.16. The highest BCUT2D eigenvalue weighted by atomic mass is 79.9. The predicted octanol–water partition coefficient (Wildman–Crippen LogP) is 1.97. The predicted molar refractivity (Wildman–Crippen MR) is 69.7 cm³/mol. The van der Waals surface area contributed by atoms with Crippen molar-refractivity contribution in [3.8, 4) is 5.82 Å². The van der Waals surface area contributed by atoms with Crippen molar-refractivity contribution in [3.05, 3.63) is 40.5 Å². The first kappa shape index (κ1) is 11.2. The maximum atomic E-state index is 5.59. The molecule has 2 heterocycles. The molecule has 2 aromatic heterocycles. The Morgan fingerprint density at radius 2 is 2.19 bits per heavy atom. The summed E-state index contributed by atoms with van der Waals surface area (Å²) >= 11 is 8.42. The molecular formula is C10H9BrN4S. The second kappa shape index (κ2) is 4.31. The zero-order valence-electron chi connectivity index (χ0n) is 8.51. The van der Waals surface area contributed by atoms with E-state index >= 15 is 0 Å². The van der Waals surface area contributed by atoms with Gasteiger partial charge in [-0.3, -0.25) is 4.57 Å². The number of rotatable bonds is 2. The van der Waals surface area contributed by atoms with Crippen LogP contribution in [0.2, 0.25) is 0 Å². The van der Waals surface area contributed by atoms with E-state index in [1.807, 2.05) is 13.0 Å². The fraction of sp³-hybridized carbons (Fsp3) is 0.100. The van der Waals surface area contributed by atoms with E-state index in [0.717, 1.165) is 15.9 Å². The van der Waals surface area contributed by atoms with Crippen molar-refractivity contribution in [1.29, 1.82) is 0 Å². The highest BCUT2D eigenvalue weighted by molar-refractivity contribution is 9.10. The van der Waals surface area contributed by atoms with Gasteiger partial charge in [-0.05, 0) is 34.5 Å². The molecule has 0 saturated carbocycles. The van der Waals surface area contributed by atoms with Crippen LogP contribution in [0.3, 0.4) is 0 Å². The smallest absolute Gasteiger partial charge is 0.173 e. The fourth-order valence-electron chi connectivity index (χ4n) is 1.35. The van der Waals surface area contributed by atoms with E-state index in [1.54, 1.807) is 23.2 Å². The Hall–Kier alpha value is -1.27. The molecule has 0 saturated heterocycles. The van der Waals surface area contributed by atoms with Gasteiger partial charge >= 0.3 is 0 Å². The molecule has 82 valence electrons. The number of hydrogen-bond acceptors (Lipinski definition) is 3. The first-order chi connectivity index (χ1) is 7.61. The van der Waals surface area contributed by atoms with Crippen molar-refractivity contribution >= 4 is 33.1 Å². The van der Waals surface area contributed by atoms with Crippen molar-refractivity contribution in [2.24, 2.45) is 5.73 Å². The molecular weight excluding hydrogens is 288 g/mol. The maximum Gasteiger partial charge on any atom is 0.173 e. The SMILES string of the molecule is Cc1ccnc(-n2ccnc2C(N)=S)c1Br. The Kier molecular flexibility index (Phi) is 3.02. The molecule has 2 aromatic rings. The number of aryl methyl sites for hydroxylation is 1. The number of halogens is 1. The van der Waals surface area contributed by atoms with Crippen LogP contribution in [0.4, 0.5) is 0 Å². The van der Waals surface area contributed by atoms with Crippen LogP contribution in [-0.4, -0.2) is 19.5 Å². The Balaban J connectivity index is 2.63. The summed E-state index contributed by atoms with van der Waals surface area (Å²) in [7, 11) is 0. The van der Waals surface area contributed by atoms with Crippen LogP contribution >= 0.6 is 28.1 Å². The van der Waals surface area contributed by atoms with Gasteiger partial charge in [0.2, 0.25) is 0 Å². The molecule has 0 bridgehead atoms. The van der Waals surface area contributed by atoms with Crippen molar-refractivity contribution in [1.82, 2.24) is 14.5 Å². The lowest BCUT2D eigenvalue weighted by molar-refractivity contribution is 0.963. The first-order valence-corrected chi connectivity index (χ1v) is 5.76. The average molecular weight is 297 g/mol. The number of hydrogen-bond donors (Lipinski definition) is 1.